The fraction of sp³-hybridized carbons (Fsp3) is 0.667. The Morgan fingerprint density at radius 3 is 3.00 bits per heavy atom. The van der Waals surface area contributed by atoms with Crippen molar-refractivity contribution in [2.24, 2.45) is 0 Å². The zero-order valence-corrected chi connectivity index (χ0v) is 10.1. The second kappa shape index (κ2) is 4.28. The summed E-state index contributed by atoms with van der Waals surface area (Å²) < 4.78 is 7.01. The number of carbonyl (C=O) groups is 1. The average molecular weight is 222 g/mol. The quantitative estimate of drug-likeness (QED) is 0.719. The van der Waals surface area contributed by atoms with Gasteiger partial charge in [0.1, 0.15) is 5.82 Å². The van der Waals surface area contributed by atoms with Crippen molar-refractivity contribution in [1.29, 1.82) is 0 Å². The molecule has 16 heavy (non-hydrogen) atoms. The van der Waals surface area contributed by atoms with Gasteiger partial charge < -0.3 is 9.30 Å². The van der Waals surface area contributed by atoms with Crippen LogP contribution in [0, 0.1) is 0 Å². The molecule has 1 aromatic heterocycles. The van der Waals surface area contributed by atoms with Crippen LogP contribution in [0.15, 0.2) is 6.20 Å². The summed E-state index contributed by atoms with van der Waals surface area (Å²) in [6.07, 6.45) is 3.72. The molecule has 0 aromatic carbocycles. The zero-order chi connectivity index (χ0) is 11.7. The van der Waals surface area contributed by atoms with E-state index in [1.165, 1.54) is 7.11 Å². The first-order chi connectivity index (χ1) is 7.65. The predicted octanol–water partition coefficient (Wildman–Crippen LogP) is 2.06. The molecular weight excluding hydrogens is 204 g/mol. The number of rotatable bonds is 2. The van der Waals surface area contributed by atoms with Gasteiger partial charge in [-0.05, 0) is 12.8 Å². The molecule has 88 valence electrons. The van der Waals surface area contributed by atoms with E-state index in [2.05, 4.69) is 23.4 Å². The van der Waals surface area contributed by atoms with Crippen LogP contribution >= 0.6 is 0 Å². The maximum Gasteiger partial charge on any atom is 0.314 e. The predicted molar refractivity (Wildman–Crippen MR) is 60.3 cm³/mol. The van der Waals surface area contributed by atoms with Crippen molar-refractivity contribution in [3.63, 3.8) is 0 Å². The lowest BCUT2D eigenvalue weighted by Crippen LogP contribution is -2.24. The lowest BCUT2D eigenvalue weighted by atomic mass is 9.96. The molecule has 1 aliphatic rings. The molecule has 0 saturated heterocycles. The second-order valence-electron chi connectivity index (χ2n) is 4.57. The summed E-state index contributed by atoms with van der Waals surface area (Å²) in [5.41, 5.74) is 1.02. The van der Waals surface area contributed by atoms with Crippen molar-refractivity contribution in [3.05, 3.63) is 17.7 Å². The molecule has 4 nitrogen and oxygen atoms in total. The van der Waals surface area contributed by atoms with E-state index in [4.69, 9.17) is 4.74 Å². The van der Waals surface area contributed by atoms with Crippen LogP contribution in [0.1, 0.15) is 50.0 Å². The smallest absolute Gasteiger partial charge is 0.314 e. The van der Waals surface area contributed by atoms with E-state index >= 15 is 0 Å². The van der Waals surface area contributed by atoms with Gasteiger partial charge in [-0.2, -0.15) is 0 Å². The van der Waals surface area contributed by atoms with Crippen LogP contribution in [-0.4, -0.2) is 22.6 Å². The normalized spacial score (nSPS) is 19.6. The van der Waals surface area contributed by atoms with Gasteiger partial charge >= 0.3 is 5.97 Å². The molecule has 1 atom stereocenters. The van der Waals surface area contributed by atoms with Crippen molar-refractivity contribution in [2.75, 3.05) is 7.11 Å². The van der Waals surface area contributed by atoms with Gasteiger partial charge in [-0.15, -0.1) is 0 Å². The second-order valence-corrected chi connectivity index (χ2v) is 4.57. The van der Waals surface area contributed by atoms with Crippen molar-refractivity contribution >= 4 is 5.97 Å². The molecule has 0 amide bonds. The highest BCUT2D eigenvalue weighted by Gasteiger charge is 2.29. The molecule has 1 unspecified atom stereocenters. The van der Waals surface area contributed by atoms with Crippen LogP contribution in [0.3, 0.4) is 0 Å². The minimum atomic E-state index is -0.142. The molecular formula is C12H18N2O2. The number of esters is 1. The molecule has 0 N–H and O–H groups in total. The van der Waals surface area contributed by atoms with Crippen molar-refractivity contribution < 1.29 is 9.53 Å². The van der Waals surface area contributed by atoms with Gasteiger partial charge in [0.15, 0.2) is 0 Å². The van der Waals surface area contributed by atoms with Gasteiger partial charge in [0.25, 0.3) is 0 Å². The highest BCUT2D eigenvalue weighted by atomic mass is 16.5. The summed E-state index contributed by atoms with van der Waals surface area (Å²) in [5, 5.41) is 0. The molecule has 0 saturated carbocycles. The minimum absolute atomic E-state index is 0.126. The van der Waals surface area contributed by atoms with Crippen LogP contribution in [-0.2, 0) is 16.1 Å². The van der Waals surface area contributed by atoms with Crippen molar-refractivity contribution in [3.8, 4) is 0 Å². The third kappa shape index (κ3) is 1.72. The van der Waals surface area contributed by atoms with Gasteiger partial charge in [0, 0.05) is 18.7 Å². The Bertz CT molecular complexity index is 396. The number of hydrogen-bond acceptors (Lipinski definition) is 3. The third-order valence-corrected chi connectivity index (χ3v) is 3.15. The van der Waals surface area contributed by atoms with E-state index in [-0.39, 0.29) is 11.9 Å². The Labute approximate surface area is 95.6 Å². The Kier molecular flexibility index (Phi) is 2.99. The Morgan fingerprint density at radius 2 is 2.38 bits per heavy atom. The molecule has 0 aliphatic carbocycles. The number of ether oxygens (including phenoxy) is 1. The summed E-state index contributed by atoms with van der Waals surface area (Å²) in [6, 6.07) is 0. The maximum atomic E-state index is 11.6. The summed E-state index contributed by atoms with van der Waals surface area (Å²) in [7, 11) is 1.45. The standard InChI is InChI=1S/C12H18N2O2/c1-8(2)11-13-7-10-9(12(15)16-3)5-4-6-14(10)11/h7-9H,4-6H2,1-3H3. The summed E-state index contributed by atoms with van der Waals surface area (Å²) in [4.78, 5) is 16.1. The Hall–Kier alpha value is -1.32. The van der Waals surface area contributed by atoms with Gasteiger partial charge in [-0.1, -0.05) is 13.8 Å². The number of fused-ring (bicyclic) bond motifs is 1. The molecule has 2 rings (SSSR count). The van der Waals surface area contributed by atoms with Crippen LogP contribution in [0.4, 0.5) is 0 Å². The Balaban J connectivity index is 2.37. The summed E-state index contributed by atoms with van der Waals surface area (Å²) in [5.74, 6) is 1.20. The molecule has 0 radical (unpaired) electrons. The largest absolute Gasteiger partial charge is 0.469 e. The van der Waals surface area contributed by atoms with Crippen LogP contribution < -0.4 is 0 Å². The van der Waals surface area contributed by atoms with E-state index < -0.39 is 0 Å². The number of aromatic nitrogens is 2. The average Bonchev–Trinajstić information content (AvgIpc) is 2.71. The first-order valence-corrected chi connectivity index (χ1v) is 5.78. The lowest BCUT2D eigenvalue weighted by Gasteiger charge is -2.24. The number of imidazole rings is 1. The summed E-state index contributed by atoms with van der Waals surface area (Å²) in [6.45, 7) is 5.21. The van der Waals surface area contributed by atoms with E-state index in [1.54, 1.807) is 0 Å². The molecule has 4 heteroatoms. The van der Waals surface area contributed by atoms with Gasteiger partial charge in [0.05, 0.1) is 18.7 Å². The SMILES string of the molecule is COC(=O)C1CCCn2c1cnc2C(C)C. The van der Waals surface area contributed by atoms with Gasteiger partial charge in [-0.3, -0.25) is 4.79 Å². The van der Waals surface area contributed by atoms with Crippen molar-refractivity contribution in [2.45, 2.75) is 45.1 Å². The first-order valence-electron chi connectivity index (χ1n) is 5.78. The highest BCUT2D eigenvalue weighted by Crippen LogP contribution is 2.31. The topological polar surface area (TPSA) is 44.1 Å². The van der Waals surface area contributed by atoms with E-state index in [0.29, 0.717) is 5.92 Å². The number of carbonyl (C=O) groups excluding carboxylic acids is 1. The molecule has 1 aromatic rings. The fourth-order valence-corrected chi connectivity index (χ4v) is 2.37. The number of nitrogens with zero attached hydrogens (tertiary/aromatic N) is 2. The monoisotopic (exact) mass is 222 g/mol. The summed E-state index contributed by atoms with van der Waals surface area (Å²) >= 11 is 0. The zero-order valence-electron chi connectivity index (χ0n) is 10.1. The number of hydrogen-bond donors (Lipinski definition) is 0. The van der Waals surface area contributed by atoms with Crippen LogP contribution in [0.5, 0.6) is 0 Å². The van der Waals surface area contributed by atoms with Crippen LogP contribution in [0.25, 0.3) is 0 Å². The van der Waals surface area contributed by atoms with Gasteiger partial charge in [0.2, 0.25) is 0 Å². The van der Waals surface area contributed by atoms with E-state index in [9.17, 15) is 4.79 Å². The van der Waals surface area contributed by atoms with Crippen molar-refractivity contribution in [1.82, 2.24) is 9.55 Å². The third-order valence-electron chi connectivity index (χ3n) is 3.15. The highest BCUT2D eigenvalue weighted by molar-refractivity contribution is 5.77. The molecule has 1 aliphatic heterocycles. The molecule has 0 spiro atoms. The minimum Gasteiger partial charge on any atom is -0.469 e. The molecule has 2 heterocycles. The molecule has 0 bridgehead atoms. The van der Waals surface area contributed by atoms with E-state index in [1.807, 2.05) is 6.20 Å². The number of methoxy groups -OCH3 is 1. The maximum absolute atomic E-state index is 11.6. The van der Waals surface area contributed by atoms with Crippen LogP contribution in [0.2, 0.25) is 0 Å². The Morgan fingerprint density at radius 1 is 1.62 bits per heavy atom. The van der Waals surface area contributed by atoms with E-state index in [0.717, 1.165) is 30.9 Å². The fourth-order valence-electron chi connectivity index (χ4n) is 2.37. The van der Waals surface area contributed by atoms with Gasteiger partial charge in [-0.25, -0.2) is 4.98 Å². The lowest BCUT2D eigenvalue weighted by molar-refractivity contribution is -0.143. The first kappa shape index (κ1) is 11.2. The molecule has 0 fully saturated rings.